The van der Waals surface area contributed by atoms with E-state index in [1.165, 1.54) is 30.2 Å². The molecule has 0 amide bonds. The minimum absolute atomic E-state index is 0.235. The quantitative estimate of drug-likeness (QED) is 0.421. The van der Waals surface area contributed by atoms with E-state index in [1.807, 2.05) is 32.9 Å². The van der Waals surface area contributed by atoms with Gasteiger partial charge in [0.25, 0.3) is 5.78 Å². The highest BCUT2D eigenvalue weighted by atomic mass is 32.2. The summed E-state index contributed by atoms with van der Waals surface area (Å²) in [6.07, 6.45) is 0. The molecule has 3 aromatic heterocycles. The Morgan fingerprint density at radius 1 is 1.10 bits per heavy atom. The molecule has 0 bridgehead atoms. The lowest BCUT2D eigenvalue weighted by Crippen LogP contribution is -2.22. The van der Waals surface area contributed by atoms with Crippen LogP contribution in [0.5, 0.6) is 0 Å². The van der Waals surface area contributed by atoms with Crippen LogP contribution in [0.3, 0.4) is 0 Å². The van der Waals surface area contributed by atoms with Gasteiger partial charge in [-0.15, -0.1) is 5.10 Å². The molecule has 0 aliphatic rings. The number of thioether (sulfide) groups is 1. The molecule has 0 atom stereocenters. The van der Waals surface area contributed by atoms with E-state index >= 15 is 0 Å². The van der Waals surface area contributed by atoms with Crippen molar-refractivity contribution in [3.63, 3.8) is 0 Å². The highest BCUT2D eigenvalue weighted by molar-refractivity contribution is 7.98. The predicted molar refractivity (Wildman–Crippen MR) is 116 cm³/mol. The summed E-state index contributed by atoms with van der Waals surface area (Å²) in [6.45, 7) is 6.67. The van der Waals surface area contributed by atoms with Crippen LogP contribution in [-0.4, -0.2) is 56.0 Å². The Morgan fingerprint density at radius 3 is 2.57 bits per heavy atom. The summed E-state index contributed by atoms with van der Waals surface area (Å²) >= 11 is 1.48. The Morgan fingerprint density at radius 2 is 1.87 bits per heavy atom. The molecule has 11 heteroatoms. The summed E-state index contributed by atoms with van der Waals surface area (Å²) in [6, 6.07) is 7.04. The third kappa shape index (κ3) is 3.57. The van der Waals surface area contributed by atoms with Crippen molar-refractivity contribution < 1.29 is 8.42 Å². The molecule has 0 aliphatic carbocycles. The number of sulfonamides is 1. The number of benzene rings is 1. The Bertz CT molecular complexity index is 1360. The molecule has 0 aliphatic heterocycles. The largest absolute Gasteiger partial charge is 0.328 e. The minimum Gasteiger partial charge on any atom is -0.328 e. The second-order valence-electron chi connectivity index (χ2n) is 7.14. The third-order valence-electron chi connectivity index (χ3n) is 4.82. The van der Waals surface area contributed by atoms with E-state index < -0.39 is 10.0 Å². The molecule has 0 radical (unpaired) electrons. The van der Waals surface area contributed by atoms with E-state index in [1.54, 1.807) is 16.6 Å². The molecule has 0 unspecified atom stereocenters. The van der Waals surface area contributed by atoms with Crippen molar-refractivity contribution in [3.05, 3.63) is 41.5 Å². The fourth-order valence-electron chi connectivity index (χ4n) is 3.33. The van der Waals surface area contributed by atoms with Crippen LogP contribution in [0.2, 0.25) is 0 Å². The molecular weight excluding hydrogens is 422 g/mol. The van der Waals surface area contributed by atoms with Crippen LogP contribution in [0.25, 0.3) is 16.8 Å². The summed E-state index contributed by atoms with van der Waals surface area (Å²) < 4.78 is 29.9. The van der Waals surface area contributed by atoms with Crippen LogP contribution in [0.4, 0.5) is 0 Å². The molecule has 0 N–H and O–H groups in total. The van der Waals surface area contributed by atoms with Crippen molar-refractivity contribution in [1.82, 2.24) is 33.4 Å². The van der Waals surface area contributed by atoms with Gasteiger partial charge in [0.1, 0.15) is 5.82 Å². The predicted octanol–water partition coefficient (Wildman–Crippen LogP) is 2.65. The van der Waals surface area contributed by atoms with Crippen molar-refractivity contribution in [2.45, 2.75) is 43.1 Å². The Balaban J connectivity index is 1.66. The average Bonchev–Trinajstić information content (AvgIpc) is 3.25. The van der Waals surface area contributed by atoms with E-state index in [-0.39, 0.29) is 4.90 Å². The number of rotatable bonds is 6. The van der Waals surface area contributed by atoms with Crippen LogP contribution in [0.15, 0.2) is 34.3 Å². The molecule has 0 saturated heterocycles. The first-order valence-corrected chi connectivity index (χ1v) is 11.9. The molecule has 3 heterocycles. The molecule has 4 rings (SSSR count). The number of imidazole rings is 1. The normalized spacial score (nSPS) is 12.5. The highest BCUT2D eigenvalue weighted by Crippen LogP contribution is 2.26. The topological polar surface area (TPSA) is 98.3 Å². The molecule has 30 heavy (non-hydrogen) atoms. The zero-order valence-electron chi connectivity index (χ0n) is 17.5. The van der Waals surface area contributed by atoms with Gasteiger partial charge < -0.3 is 4.57 Å². The number of nitrogens with zero attached hydrogens (tertiary/aromatic N) is 7. The smallest absolute Gasteiger partial charge is 0.253 e. The summed E-state index contributed by atoms with van der Waals surface area (Å²) in [5.41, 5.74) is 3.45. The van der Waals surface area contributed by atoms with E-state index in [0.29, 0.717) is 22.2 Å². The van der Waals surface area contributed by atoms with E-state index in [4.69, 9.17) is 4.98 Å². The first-order chi connectivity index (χ1) is 14.2. The number of fused-ring (bicyclic) bond motifs is 2. The molecule has 0 saturated carbocycles. The Labute approximate surface area is 179 Å². The molecule has 1 aromatic carbocycles. The average molecular weight is 446 g/mol. The second-order valence-corrected chi connectivity index (χ2v) is 10.2. The van der Waals surface area contributed by atoms with Crippen LogP contribution >= 0.6 is 11.8 Å². The van der Waals surface area contributed by atoms with Gasteiger partial charge in [-0.3, -0.25) is 0 Å². The summed E-state index contributed by atoms with van der Waals surface area (Å²) in [4.78, 5) is 13.9. The van der Waals surface area contributed by atoms with Crippen LogP contribution in [0.1, 0.15) is 24.1 Å². The van der Waals surface area contributed by atoms with Crippen molar-refractivity contribution in [2.75, 3.05) is 14.1 Å². The minimum atomic E-state index is -3.51. The van der Waals surface area contributed by atoms with Gasteiger partial charge >= 0.3 is 0 Å². The lowest BCUT2D eigenvalue weighted by molar-refractivity contribution is 0.521. The van der Waals surface area contributed by atoms with Gasteiger partial charge in [0.05, 0.1) is 21.7 Å². The fourth-order valence-corrected chi connectivity index (χ4v) is 5.02. The monoisotopic (exact) mass is 445 g/mol. The third-order valence-corrected chi connectivity index (χ3v) is 7.47. The molecule has 0 spiro atoms. The van der Waals surface area contributed by atoms with Gasteiger partial charge in [-0.1, -0.05) is 11.8 Å². The standard InChI is InChI=1S/C19H23N7O2S2/c1-6-25-16-8-7-14(30(27,28)24(4)5)10-15(16)21-17(25)11-29-19-22-18-20-12(2)9-13(3)26(18)23-19/h7-10H,6,11H2,1-5H3. The van der Waals surface area contributed by atoms with Crippen LogP contribution < -0.4 is 0 Å². The lowest BCUT2D eigenvalue weighted by atomic mass is 10.3. The van der Waals surface area contributed by atoms with Gasteiger partial charge in [0.2, 0.25) is 15.2 Å². The number of hydrogen-bond acceptors (Lipinski definition) is 7. The van der Waals surface area contributed by atoms with E-state index in [0.717, 1.165) is 29.3 Å². The van der Waals surface area contributed by atoms with Crippen molar-refractivity contribution >= 4 is 38.6 Å². The van der Waals surface area contributed by atoms with Gasteiger partial charge in [0.15, 0.2) is 0 Å². The fraction of sp³-hybridized carbons (Fsp3) is 0.368. The first-order valence-electron chi connectivity index (χ1n) is 9.46. The maximum absolute atomic E-state index is 12.4. The molecular formula is C19H23N7O2S2. The van der Waals surface area contributed by atoms with Gasteiger partial charge in [-0.05, 0) is 45.0 Å². The van der Waals surface area contributed by atoms with Gasteiger partial charge in [0, 0.05) is 32.0 Å². The first kappa shape index (κ1) is 20.8. The van der Waals surface area contributed by atoms with Gasteiger partial charge in [-0.25, -0.2) is 27.2 Å². The summed E-state index contributed by atoms with van der Waals surface area (Å²) in [5.74, 6) is 1.99. The Kier molecular flexibility index (Phi) is 5.28. The SMILES string of the molecule is CCn1c(CSc2nc3nc(C)cc(C)n3n2)nc2cc(S(=O)(=O)N(C)C)ccc21. The lowest BCUT2D eigenvalue weighted by Gasteiger charge is -2.11. The molecule has 158 valence electrons. The molecule has 0 fully saturated rings. The number of aromatic nitrogens is 6. The molecule has 4 aromatic rings. The van der Waals surface area contributed by atoms with Crippen molar-refractivity contribution in [1.29, 1.82) is 0 Å². The summed E-state index contributed by atoms with van der Waals surface area (Å²) in [5, 5.41) is 5.15. The van der Waals surface area contributed by atoms with Crippen LogP contribution in [0, 0.1) is 13.8 Å². The van der Waals surface area contributed by atoms with Crippen molar-refractivity contribution in [3.8, 4) is 0 Å². The van der Waals surface area contributed by atoms with E-state index in [9.17, 15) is 8.42 Å². The van der Waals surface area contributed by atoms with E-state index in [2.05, 4.69) is 19.6 Å². The number of hydrogen-bond donors (Lipinski definition) is 0. The summed E-state index contributed by atoms with van der Waals surface area (Å²) in [7, 11) is -0.467. The van der Waals surface area contributed by atoms with Crippen LogP contribution in [-0.2, 0) is 22.3 Å². The van der Waals surface area contributed by atoms with Crippen molar-refractivity contribution in [2.24, 2.45) is 0 Å². The number of aryl methyl sites for hydroxylation is 3. The maximum Gasteiger partial charge on any atom is 0.253 e. The Hall–Kier alpha value is -2.50. The van der Waals surface area contributed by atoms with Gasteiger partial charge in [-0.2, -0.15) is 4.98 Å². The maximum atomic E-state index is 12.4. The second kappa shape index (κ2) is 7.64. The highest BCUT2D eigenvalue weighted by Gasteiger charge is 2.20. The molecule has 9 nitrogen and oxygen atoms in total. The zero-order valence-corrected chi connectivity index (χ0v) is 19.1. The zero-order chi connectivity index (χ0) is 21.6.